The van der Waals surface area contributed by atoms with E-state index in [2.05, 4.69) is 40.5 Å². The molecule has 3 rings (SSSR count). The molecule has 0 spiro atoms. The van der Waals surface area contributed by atoms with Gasteiger partial charge in [0, 0.05) is 19.0 Å². The van der Waals surface area contributed by atoms with Crippen molar-refractivity contribution < 1.29 is 0 Å². The molecule has 114 valence electrons. The predicted molar refractivity (Wildman–Crippen MR) is 97.8 cm³/mol. The molecular formula is C18H19ClN2S. The second kappa shape index (κ2) is 6.67. The maximum atomic E-state index is 6.26. The lowest BCUT2D eigenvalue weighted by Gasteiger charge is -2.21. The summed E-state index contributed by atoms with van der Waals surface area (Å²) in [5.41, 5.74) is 3.41. The molecule has 1 atom stereocenters. The number of likely N-dealkylation sites (tertiary alicyclic amines) is 1. The first-order valence-electron chi connectivity index (χ1n) is 7.50. The van der Waals surface area contributed by atoms with Crippen LogP contribution in [0.15, 0.2) is 48.5 Å². The Hall–Kier alpha value is -1.58. The van der Waals surface area contributed by atoms with Crippen LogP contribution in [0.1, 0.15) is 23.5 Å². The van der Waals surface area contributed by atoms with Crippen molar-refractivity contribution in [3.8, 4) is 0 Å². The summed E-state index contributed by atoms with van der Waals surface area (Å²) in [5.74, 6) is 0.550. The summed E-state index contributed by atoms with van der Waals surface area (Å²) in [4.78, 5) is 2.23. The minimum Gasteiger partial charge on any atom is -0.348 e. The van der Waals surface area contributed by atoms with Crippen LogP contribution in [0.5, 0.6) is 0 Å². The third-order valence-corrected chi connectivity index (χ3v) is 4.79. The SMILES string of the molecule is Cc1ccc(NC(=S)N2CC[C@H](c3ccccc3)C2)c(Cl)c1. The Labute approximate surface area is 142 Å². The first kappa shape index (κ1) is 15.3. The number of thiocarbonyl (C=S) groups is 1. The van der Waals surface area contributed by atoms with Crippen LogP contribution in [0.4, 0.5) is 5.69 Å². The zero-order chi connectivity index (χ0) is 15.5. The van der Waals surface area contributed by atoms with Crippen LogP contribution >= 0.6 is 23.8 Å². The van der Waals surface area contributed by atoms with Gasteiger partial charge in [0.25, 0.3) is 0 Å². The Morgan fingerprint density at radius 1 is 1.23 bits per heavy atom. The Balaban J connectivity index is 1.64. The maximum absolute atomic E-state index is 6.26. The van der Waals surface area contributed by atoms with E-state index < -0.39 is 0 Å². The molecule has 1 aliphatic rings. The topological polar surface area (TPSA) is 15.3 Å². The molecule has 0 radical (unpaired) electrons. The molecule has 2 aromatic carbocycles. The van der Waals surface area contributed by atoms with Gasteiger partial charge in [0.1, 0.15) is 0 Å². The molecule has 0 bridgehead atoms. The standard InChI is InChI=1S/C18H19ClN2S/c1-13-7-8-17(16(19)11-13)20-18(22)21-10-9-15(12-21)14-5-3-2-4-6-14/h2-8,11,15H,9-10,12H2,1H3,(H,20,22)/t15-/m0/s1. The van der Waals surface area contributed by atoms with E-state index in [9.17, 15) is 0 Å². The summed E-state index contributed by atoms with van der Waals surface area (Å²) in [5, 5.41) is 4.74. The van der Waals surface area contributed by atoms with Gasteiger partial charge >= 0.3 is 0 Å². The van der Waals surface area contributed by atoms with Crippen molar-refractivity contribution in [1.29, 1.82) is 0 Å². The zero-order valence-electron chi connectivity index (χ0n) is 12.6. The lowest BCUT2D eigenvalue weighted by atomic mass is 9.99. The second-order valence-corrected chi connectivity index (χ2v) is 6.55. The Kier molecular flexibility index (Phi) is 4.65. The molecule has 1 N–H and O–H groups in total. The number of anilines is 1. The molecule has 0 aliphatic carbocycles. The third kappa shape index (κ3) is 3.42. The van der Waals surface area contributed by atoms with E-state index >= 15 is 0 Å². The average molecular weight is 331 g/mol. The molecule has 0 unspecified atom stereocenters. The van der Waals surface area contributed by atoms with Gasteiger partial charge in [-0.05, 0) is 48.8 Å². The van der Waals surface area contributed by atoms with E-state index in [-0.39, 0.29) is 0 Å². The van der Waals surface area contributed by atoms with Gasteiger partial charge in [0.15, 0.2) is 5.11 Å². The number of halogens is 1. The lowest BCUT2D eigenvalue weighted by Crippen LogP contribution is -2.32. The monoisotopic (exact) mass is 330 g/mol. The molecule has 0 aromatic heterocycles. The number of hydrogen-bond donors (Lipinski definition) is 1. The van der Waals surface area contributed by atoms with E-state index in [1.165, 1.54) is 5.56 Å². The Morgan fingerprint density at radius 2 is 2.00 bits per heavy atom. The Bertz CT molecular complexity index is 672. The number of rotatable bonds is 2. The fourth-order valence-corrected chi connectivity index (χ4v) is 3.42. The molecule has 1 aliphatic heterocycles. The number of aryl methyl sites for hydroxylation is 1. The van der Waals surface area contributed by atoms with Crippen molar-refractivity contribution >= 4 is 34.6 Å². The summed E-state index contributed by atoms with van der Waals surface area (Å²) in [6.07, 6.45) is 1.13. The third-order valence-electron chi connectivity index (χ3n) is 4.11. The normalized spacial score (nSPS) is 17.5. The van der Waals surface area contributed by atoms with Crippen molar-refractivity contribution in [3.05, 3.63) is 64.7 Å². The Morgan fingerprint density at radius 3 is 2.73 bits per heavy atom. The largest absolute Gasteiger partial charge is 0.348 e. The lowest BCUT2D eigenvalue weighted by molar-refractivity contribution is 0.518. The highest BCUT2D eigenvalue weighted by Crippen LogP contribution is 2.28. The molecule has 22 heavy (non-hydrogen) atoms. The molecule has 1 fully saturated rings. The first-order chi connectivity index (χ1) is 10.6. The highest BCUT2D eigenvalue weighted by Gasteiger charge is 2.25. The number of hydrogen-bond acceptors (Lipinski definition) is 1. The van der Waals surface area contributed by atoms with E-state index in [0.29, 0.717) is 10.9 Å². The minimum absolute atomic E-state index is 0.550. The average Bonchev–Trinajstić information content (AvgIpc) is 3.01. The number of benzene rings is 2. The molecule has 4 heteroatoms. The van der Waals surface area contributed by atoms with Crippen molar-refractivity contribution in [2.45, 2.75) is 19.3 Å². The van der Waals surface area contributed by atoms with Gasteiger partial charge in [-0.25, -0.2) is 0 Å². The molecule has 1 heterocycles. The number of nitrogens with one attached hydrogen (secondary N) is 1. The molecule has 0 saturated carbocycles. The van der Waals surface area contributed by atoms with E-state index in [4.69, 9.17) is 23.8 Å². The van der Waals surface area contributed by atoms with E-state index in [0.717, 1.165) is 35.9 Å². The summed E-state index contributed by atoms with van der Waals surface area (Å²) < 4.78 is 0. The fraction of sp³-hybridized carbons (Fsp3) is 0.278. The van der Waals surface area contributed by atoms with Crippen LogP contribution in [0.3, 0.4) is 0 Å². The first-order valence-corrected chi connectivity index (χ1v) is 8.29. The summed E-state index contributed by atoms with van der Waals surface area (Å²) in [6, 6.07) is 16.6. The molecule has 0 amide bonds. The molecule has 2 nitrogen and oxygen atoms in total. The van der Waals surface area contributed by atoms with Crippen molar-refractivity contribution in [1.82, 2.24) is 4.90 Å². The van der Waals surface area contributed by atoms with Crippen LogP contribution in [0.25, 0.3) is 0 Å². The van der Waals surface area contributed by atoms with Gasteiger partial charge in [-0.2, -0.15) is 0 Å². The van der Waals surface area contributed by atoms with Crippen LogP contribution in [0.2, 0.25) is 5.02 Å². The molecule has 2 aromatic rings. The summed E-state index contributed by atoms with van der Waals surface area (Å²) in [6.45, 7) is 3.97. The van der Waals surface area contributed by atoms with Crippen molar-refractivity contribution in [2.75, 3.05) is 18.4 Å². The van der Waals surface area contributed by atoms with Gasteiger partial charge in [-0.15, -0.1) is 0 Å². The van der Waals surface area contributed by atoms with Crippen molar-refractivity contribution in [3.63, 3.8) is 0 Å². The van der Waals surface area contributed by atoms with E-state index in [1.807, 2.05) is 25.1 Å². The summed E-state index contributed by atoms with van der Waals surface area (Å²) >= 11 is 11.8. The van der Waals surface area contributed by atoms with Gasteiger partial charge in [0.05, 0.1) is 10.7 Å². The van der Waals surface area contributed by atoms with Gasteiger partial charge in [0.2, 0.25) is 0 Å². The fourth-order valence-electron chi connectivity index (χ4n) is 2.86. The highest BCUT2D eigenvalue weighted by atomic mass is 35.5. The quantitative estimate of drug-likeness (QED) is 0.794. The van der Waals surface area contributed by atoms with Gasteiger partial charge < -0.3 is 10.2 Å². The minimum atomic E-state index is 0.550. The van der Waals surface area contributed by atoms with Crippen LogP contribution < -0.4 is 5.32 Å². The van der Waals surface area contributed by atoms with Gasteiger partial charge in [-0.1, -0.05) is 48.0 Å². The van der Waals surface area contributed by atoms with Crippen LogP contribution in [0, 0.1) is 6.92 Å². The van der Waals surface area contributed by atoms with Crippen LogP contribution in [-0.4, -0.2) is 23.1 Å². The zero-order valence-corrected chi connectivity index (χ0v) is 14.1. The smallest absolute Gasteiger partial charge is 0.173 e. The number of nitrogens with zero attached hydrogens (tertiary/aromatic N) is 1. The summed E-state index contributed by atoms with van der Waals surface area (Å²) in [7, 11) is 0. The predicted octanol–water partition coefficient (Wildman–Crippen LogP) is 4.83. The van der Waals surface area contributed by atoms with Gasteiger partial charge in [-0.3, -0.25) is 0 Å². The van der Waals surface area contributed by atoms with E-state index in [1.54, 1.807) is 0 Å². The maximum Gasteiger partial charge on any atom is 0.173 e. The molecular weight excluding hydrogens is 312 g/mol. The highest BCUT2D eigenvalue weighted by molar-refractivity contribution is 7.80. The second-order valence-electron chi connectivity index (χ2n) is 5.76. The van der Waals surface area contributed by atoms with Crippen molar-refractivity contribution in [2.24, 2.45) is 0 Å². The molecule has 1 saturated heterocycles. The van der Waals surface area contributed by atoms with Crippen LogP contribution in [-0.2, 0) is 0 Å².